The van der Waals surface area contributed by atoms with E-state index in [9.17, 15) is 44.6 Å². The number of allylic oxidation sites excluding steroid dienone is 8. The molecule has 1 rings (SSSR count). The van der Waals surface area contributed by atoms with Gasteiger partial charge < -0.3 is 39.9 Å². The van der Waals surface area contributed by atoms with E-state index in [1.165, 1.54) is 32.1 Å². The molecule has 1 fully saturated rings. The average molecular weight is 803 g/mol. The van der Waals surface area contributed by atoms with Crippen LogP contribution < -0.4 is 0 Å². The highest BCUT2D eigenvalue weighted by Crippen LogP contribution is 2.47. The number of aliphatic hydroxyl groups is 5. The van der Waals surface area contributed by atoms with Crippen LogP contribution in [0.2, 0.25) is 0 Å². The maximum Gasteiger partial charge on any atom is 0.472 e. The van der Waals surface area contributed by atoms with Gasteiger partial charge in [0.15, 0.2) is 6.10 Å². The quantitative estimate of drug-likeness (QED) is 0.0179. The molecule has 0 bridgehead atoms. The van der Waals surface area contributed by atoms with Gasteiger partial charge in [0.05, 0.1) is 6.61 Å². The van der Waals surface area contributed by atoms with Crippen LogP contribution in [0.5, 0.6) is 0 Å². The third-order valence-electron chi connectivity index (χ3n) is 9.14. The first-order valence-electron chi connectivity index (χ1n) is 20.4. The Labute approximate surface area is 329 Å². The van der Waals surface area contributed by atoms with Crippen molar-refractivity contribution in [2.45, 2.75) is 185 Å². The number of ether oxygens (including phenoxy) is 2. The molecule has 0 aromatic rings. The van der Waals surface area contributed by atoms with E-state index in [0.717, 1.165) is 70.6 Å². The molecule has 1 saturated carbocycles. The van der Waals surface area contributed by atoms with Crippen LogP contribution in [-0.4, -0.2) is 98.3 Å². The van der Waals surface area contributed by atoms with E-state index in [2.05, 4.69) is 62.5 Å². The van der Waals surface area contributed by atoms with Crippen LogP contribution in [0.3, 0.4) is 0 Å². The van der Waals surface area contributed by atoms with Crippen molar-refractivity contribution < 1.29 is 63.1 Å². The highest BCUT2D eigenvalue weighted by atomic mass is 31.2. The largest absolute Gasteiger partial charge is 0.472 e. The first kappa shape index (κ1) is 50.8. The van der Waals surface area contributed by atoms with E-state index in [-0.39, 0.29) is 12.8 Å². The summed E-state index contributed by atoms with van der Waals surface area (Å²) in [6.45, 7) is 3.15. The van der Waals surface area contributed by atoms with Gasteiger partial charge in [-0.1, -0.05) is 107 Å². The summed E-state index contributed by atoms with van der Waals surface area (Å²) in [4.78, 5) is 35.5. The van der Waals surface area contributed by atoms with Crippen molar-refractivity contribution in [3.8, 4) is 0 Å². The normalized spacial score (nSPS) is 23.6. The fourth-order valence-corrected chi connectivity index (χ4v) is 6.72. The number of unbranched alkanes of at least 4 members (excludes halogenated alkanes) is 12. The maximum absolute atomic E-state index is 12.8. The molecule has 1 aliphatic rings. The second kappa shape index (κ2) is 31.8. The number of aliphatic hydroxyl groups excluding tert-OH is 5. The molecule has 1 aliphatic carbocycles. The van der Waals surface area contributed by atoms with Crippen molar-refractivity contribution in [1.29, 1.82) is 0 Å². The topological polar surface area (TPSA) is 210 Å². The van der Waals surface area contributed by atoms with Gasteiger partial charge in [0.25, 0.3) is 0 Å². The fraction of sp³-hybridized carbons (Fsp3) is 0.756. The van der Waals surface area contributed by atoms with Gasteiger partial charge in [-0.05, 0) is 70.6 Å². The third kappa shape index (κ3) is 24.9. The van der Waals surface area contributed by atoms with Gasteiger partial charge in [-0.15, -0.1) is 0 Å². The Morgan fingerprint density at radius 1 is 0.564 bits per heavy atom. The summed E-state index contributed by atoms with van der Waals surface area (Å²) in [6, 6.07) is 0. The molecule has 8 atom stereocenters. The fourth-order valence-electron chi connectivity index (χ4n) is 5.74. The minimum Gasteiger partial charge on any atom is -0.462 e. The summed E-state index contributed by atoms with van der Waals surface area (Å²) in [5, 5.41) is 50.0. The lowest BCUT2D eigenvalue weighted by molar-refractivity contribution is -0.220. The van der Waals surface area contributed by atoms with E-state index >= 15 is 0 Å². The zero-order valence-corrected chi connectivity index (χ0v) is 34.1. The zero-order chi connectivity index (χ0) is 40.7. The molecule has 6 N–H and O–H groups in total. The molecule has 0 radical (unpaired) electrons. The van der Waals surface area contributed by atoms with Gasteiger partial charge >= 0.3 is 19.8 Å². The van der Waals surface area contributed by atoms with Crippen LogP contribution in [0.1, 0.15) is 142 Å². The Bertz CT molecular complexity index is 1160. The van der Waals surface area contributed by atoms with Crippen molar-refractivity contribution in [2.24, 2.45) is 0 Å². The standard InChI is InChI=1S/C41H71O13P/c1-3-5-7-9-11-13-15-16-17-18-20-22-24-26-28-30-35(43)53-33(31-51-34(42)29-27-25-23-21-19-14-12-10-8-6-4-2)32-52-55(49,50)54-41-39(47)37(45)36(44)38(46)40(41)48/h10-13,16-17,20,22,33,36-41,44-48H,3-9,14-15,18-19,21,23-32H2,1-2H3,(H,49,50)/b12-10-,13-11-,17-16-,22-20-/t33-,36?,37-,38?,39?,40?,41?/m1/s1. The Hall–Kier alpha value is -2.19. The second-order valence-electron chi connectivity index (χ2n) is 14.1. The summed E-state index contributed by atoms with van der Waals surface area (Å²) in [6.07, 6.45) is 21.9. The van der Waals surface area contributed by atoms with E-state index in [0.29, 0.717) is 12.8 Å². The van der Waals surface area contributed by atoms with Crippen LogP contribution in [-0.2, 0) is 32.7 Å². The smallest absolute Gasteiger partial charge is 0.462 e. The molecule has 0 saturated heterocycles. The summed E-state index contributed by atoms with van der Waals surface area (Å²) < 4.78 is 33.3. The number of phosphoric acid groups is 1. The first-order valence-corrected chi connectivity index (χ1v) is 21.9. The van der Waals surface area contributed by atoms with Crippen LogP contribution in [0.4, 0.5) is 0 Å². The number of carbonyl (C=O) groups excluding carboxylic acids is 2. The number of rotatable bonds is 32. The number of hydrogen-bond acceptors (Lipinski definition) is 12. The molecule has 6 unspecified atom stereocenters. The number of carbonyl (C=O) groups is 2. The Balaban J connectivity index is 2.57. The molecular formula is C41H71O13P. The maximum atomic E-state index is 12.8. The minimum absolute atomic E-state index is 0.0448. The summed E-state index contributed by atoms with van der Waals surface area (Å²) in [5.74, 6) is -1.16. The molecule has 0 aromatic carbocycles. The van der Waals surface area contributed by atoms with E-state index in [1.807, 2.05) is 0 Å². The van der Waals surface area contributed by atoms with Gasteiger partial charge in [-0.25, -0.2) is 4.57 Å². The Morgan fingerprint density at radius 3 is 1.60 bits per heavy atom. The van der Waals surface area contributed by atoms with Crippen LogP contribution in [0.25, 0.3) is 0 Å². The SMILES string of the molecule is CCCC/C=C\CCCCCCCC(=O)OC[C@H](COP(=O)(O)OC1C(O)C(O)C(O)[C@@H](O)C1O)OC(=O)CCCC/C=C\C/C=C\C/C=C\CCCCC. The predicted octanol–water partition coefficient (Wildman–Crippen LogP) is 6.83. The van der Waals surface area contributed by atoms with Gasteiger partial charge in [-0.3, -0.25) is 18.6 Å². The first-order chi connectivity index (χ1) is 26.4. The van der Waals surface area contributed by atoms with E-state index in [1.54, 1.807) is 0 Å². The monoisotopic (exact) mass is 802 g/mol. The number of esters is 2. The zero-order valence-electron chi connectivity index (χ0n) is 33.2. The highest BCUT2D eigenvalue weighted by molar-refractivity contribution is 7.47. The van der Waals surface area contributed by atoms with Crippen LogP contribution in [0.15, 0.2) is 48.6 Å². The Morgan fingerprint density at radius 2 is 1.00 bits per heavy atom. The van der Waals surface area contributed by atoms with Crippen molar-refractivity contribution in [1.82, 2.24) is 0 Å². The lowest BCUT2D eigenvalue weighted by atomic mass is 9.85. The molecule has 318 valence electrons. The Kier molecular flexibility index (Phi) is 29.4. The molecule has 55 heavy (non-hydrogen) atoms. The van der Waals surface area contributed by atoms with Crippen molar-refractivity contribution >= 4 is 19.8 Å². The molecule has 13 nitrogen and oxygen atoms in total. The lowest BCUT2D eigenvalue weighted by Gasteiger charge is -2.41. The summed E-state index contributed by atoms with van der Waals surface area (Å²) in [7, 11) is -5.12. The van der Waals surface area contributed by atoms with Gasteiger partial charge in [0, 0.05) is 12.8 Å². The summed E-state index contributed by atoms with van der Waals surface area (Å²) >= 11 is 0. The third-order valence-corrected chi connectivity index (χ3v) is 10.1. The van der Waals surface area contributed by atoms with Crippen molar-refractivity contribution in [3.63, 3.8) is 0 Å². The molecule has 0 aromatic heterocycles. The molecule has 0 heterocycles. The molecule has 0 amide bonds. The van der Waals surface area contributed by atoms with Crippen molar-refractivity contribution in [2.75, 3.05) is 13.2 Å². The average Bonchev–Trinajstić information content (AvgIpc) is 3.16. The van der Waals surface area contributed by atoms with Gasteiger partial charge in [0.2, 0.25) is 0 Å². The van der Waals surface area contributed by atoms with E-state index < -0.39 is 75.7 Å². The lowest BCUT2D eigenvalue weighted by Crippen LogP contribution is -2.64. The van der Waals surface area contributed by atoms with E-state index in [4.69, 9.17) is 18.5 Å². The number of hydrogen-bond donors (Lipinski definition) is 6. The predicted molar refractivity (Wildman–Crippen MR) is 212 cm³/mol. The highest BCUT2D eigenvalue weighted by Gasteiger charge is 2.51. The van der Waals surface area contributed by atoms with Crippen LogP contribution >= 0.6 is 7.82 Å². The summed E-state index contributed by atoms with van der Waals surface area (Å²) in [5.41, 5.74) is 0. The molecule has 14 heteroatoms. The van der Waals surface area contributed by atoms with Gasteiger partial charge in [0.1, 0.15) is 43.2 Å². The van der Waals surface area contributed by atoms with Gasteiger partial charge in [-0.2, -0.15) is 0 Å². The molecule has 0 aliphatic heterocycles. The molecular weight excluding hydrogens is 731 g/mol. The second-order valence-corrected chi connectivity index (χ2v) is 15.5. The van der Waals surface area contributed by atoms with Crippen LogP contribution in [0, 0.1) is 0 Å². The molecule has 0 spiro atoms. The number of phosphoric ester groups is 1. The van der Waals surface area contributed by atoms with Crippen molar-refractivity contribution in [3.05, 3.63) is 48.6 Å². The minimum atomic E-state index is -5.12.